The molecule has 0 unspecified atom stereocenters. The van der Waals surface area contributed by atoms with Gasteiger partial charge in [-0.05, 0) is 32.0 Å². The third kappa shape index (κ3) is 1.92. The zero-order valence-electron chi connectivity index (χ0n) is 8.67. The molecule has 2 nitrogen and oxygen atoms in total. The smallest absolute Gasteiger partial charge is 0.108 e. The van der Waals surface area contributed by atoms with Gasteiger partial charge in [0.05, 0.1) is 0 Å². The number of hydrogen-bond donors (Lipinski definition) is 1. The van der Waals surface area contributed by atoms with Crippen LogP contribution in [0.5, 0.6) is 0 Å². The van der Waals surface area contributed by atoms with Gasteiger partial charge in [0.15, 0.2) is 0 Å². The van der Waals surface area contributed by atoms with Crippen molar-refractivity contribution < 1.29 is 4.42 Å². The zero-order chi connectivity index (χ0) is 11.0. The van der Waals surface area contributed by atoms with Crippen molar-refractivity contribution in [3.63, 3.8) is 0 Å². The van der Waals surface area contributed by atoms with Gasteiger partial charge in [-0.25, -0.2) is 0 Å². The van der Waals surface area contributed by atoms with Crippen molar-refractivity contribution in [2.75, 3.05) is 5.73 Å². The number of nitrogens with two attached hydrogens (primary N) is 1. The Labute approximate surface area is 97.2 Å². The van der Waals surface area contributed by atoms with E-state index in [-0.39, 0.29) is 0 Å². The molecular formula is C12H12BrNO. The van der Waals surface area contributed by atoms with E-state index < -0.39 is 0 Å². The molecular weight excluding hydrogens is 254 g/mol. The summed E-state index contributed by atoms with van der Waals surface area (Å²) in [7, 11) is 0. The van der Waals surface area contributed by atoms with Crippen LogP contribution in [0.4, 0.5) is 5.69 Å². The molecule has 0 spiro atoms. The van der Waals surface area contributed by atoms with Crippen LogP contribution in [0.3, 0.4) is 0 Å². The van der Waals surface area contributed by atoms with Crippen molar-refractivity contribution in [3.8, 4) is 11.1 Å². The highest BCUT2D eigenvalue weighted by molar-refractivity contribution is 9.10. The SMILES string of the molecule is Cc1cc(-c2ccc(Br)cc2N)c(C)o1. The molecule has 0 saturated carbocycles. The van der Waals surface area contributed by atoms with E-state index in [0.29, 0.717) is 0 Å². The van der Waals surface area contributed by atoms with Gasteiger partial charge in [-0.1, -0.05) is 22.0 Å². The lowest BCUT2D eigenvalue weighted by atomic mass is 10.0. The number of rotatable bonds is 1. The van der Waals surface area contributed by atoms with Crippen LogP contribution in [0.15, 0.2) is 33.2 Å². The van der Waals surface area contributed by atoms with Crippen LogP contribution < -0.4 is 5.73 Å². The molecule has 1 aromatic carbocycles. The van der Waals surface area contributed by atoms with Crippen LogP contribution in [0, 0.1) is 13.8 Å². The third-order valence-electron chi connectivity index (χ3n) is 2.34. The van der Waals surface area contributed by atoms with Gasteiger partial charge in [0, 0.05) is 21.3 Å². The number of halogens is 1. The van der Waals surface area contributed by atoms with E-state index in [1.54, 1.807) is 0 Å². The van der Waals surface area contributed by atoms with Crippen LogP contribution >= 0.6 is 15.9 Å². The molecule has 0 fully saturated rings. The maximum atomic E-state index is 5.96. The van der Waals surface area contributed by atoms with Crippen LogP contribution in [0.2, 0.25) is 0 Å². The van der Waals surface area contributed by atoms with E-state index in [1.807, 2.05) is 38.1 Å². The number of benzene rings is 1. The minimum absolute atomic E-state index is 0.758. The van der Waals surface area contributed by atoms with Crippen molar-refractivity contribution in [3.05, 3.63) is 40.3 Å². The number of anilines is 1. The van der Waals surface area contributed by atoms with Crippen molar-refractivity contribution in [1.29, 1.82) is 0 Å². The summed E-state index contributed by atoms with van der Waals surface area (Å²) in [5.74, 6) is 1.81. The standard InChI is InChI=1S/C12H12BrNO/c1-7-5-11(8(2)15-7)10-4-3-9(13)6-12(10)14/h3-6H,14H2,1-2H3. The monoisotopic (exact) mass is 265 g/mol. The summed E-state index contributed by atoms with van der Waals surface area (Å²) in [5.41, 5.74) is 8.81. The van der Waals surface area contributed by atoms with E-state index in [2.05, 4.69) is 15.9 Å². The molecule has 0 aliphatic rings. The van der Waals surface area contributed by atoms with E-state index >= 15 is 0 Å². The first-order chi connectivity index (χ1) is 7.08. The summed E-state index contributed by atoms with van der Waals surface area (Å²) < 4.78 is 6.47. The van der Waals surface area contributed by atoms with Gasteiger partial charge in [-0.2, -0.15) is 0 Å². The minimum atomic E-state index is 0.758. The normalized spacial score (nSPS) is 10.6. The van der Waals surface area contributed by atoms with Gasteiger partial charge in [0.1, 0.15) is 11.5 Å². The molecule has 2 rings (SSSR count). The lowest BCUT2D eigenvalue weighted by Crippen LogP contribution is -1.89. The van der Waals surface area contributed by atoms with Crippen molar-refractivity contribution in [2.24, 2.45) is 0 Å². The Morgan fingerprint density at radius 3 is 2.40 bits per heavy atom. The van der Waals surface area contributed by atoms with Crippen LogP contribution in [0.25, 0.3) is 11.1 Å². The fourth-order valence-corrected chi connectivity index (χ4v) is 2.06. The van der Waals surface area contributed by atoms with Crippen molar-refractivity contribution in [2.45, 2.75) is 13.8 Å². The molecule has 3 heteroatoms. The molecule has 1 aromatic heterocycles. The van der Waals surface area contributed by atoms with Gasteiger partial charge in [0.2, 0.25) is 0 Å². The number of aryl methyl sites for hydroxylation is 2. The molecule has 0 aliphatic carbocycles. The Kier molecular flexibility index (Phi) is 2.57. The van der Waals surface area contributed by atoms with Gasteiger partial charge in [-0.15, -0.1) is 0 Å². The van der Waals surface area contributed by atoms with E-state index in [1.165, 1.54) is 0 Å². The minimum Gasteiger partial charge on any atom is -0.466 e. The molecule has 0 aliphatic heterocycles. The van der Waals surface area contributed by atoms with Gasteiger partial charge >= 0.3 is 0 Å². The molecule has 0 atom stereocenters. The summed E-state index contributed by atoms with van der Waals surface area (Å²) >= 11 is 3.39. The predicted molar refractivity (Wildman–Crippen MR) is 65.7 cm³/mol. The molecule has 78 valence electrons. The second kappa shape index (κ2) is 3.74. The average Bonchev–Trinajstić information content (AvgIpc) is 2.45. The van der Waals surface area contributed by atoms with Crippen LogP contribution in [-0.2, 0) is 0 Å². The van der Waals surface area contributed by atoms with E-state index in [4.69, 9.17) is 10.2 Å². The largest absolute Gasteiger partial charge is 0.466 e. The molecule has 0 radical (unpaired) electrons. The fraction of sp³-hybridized carbons (Fsp3) is 0.167. The summed E-state index contributed by atoms with van der Waals surface area (Å²) in [6.07, 6.45) is 0. The third-order valence-corrected chi connectivity index (χ3v) is 2.84. The molecule has 0 amide bonds. The number of furan rings is 1. The first-order valence-corrected chi connectivity index (χ1v) is 5.49. The molecule has 2 aromatic rings. The number of hydrogen-bond acceptors (Lipinski definition) is 2. The summed E-state index contributed by atoms with van der Waals surface area (Å²) in [6, 6.07) is 7.89. The molecule has 0 bridgehead atoms. The summed E-state index contributed by atoms with van der Waals surface area (Å²) in [6.45, 7) is 3.88. The van der Waals surface area contributed by atoms with Gasteiger partial charge < -0.3 is 10.2 Å². The zero-order valence-corrected chi connectivity index (χ0v) is 10.3. The number of nitrogen functional groups attached to an aromatic ring is 1. The first kappa shape index (κ1) is 10.3. The molecule has 2 N–H and O–H groups in total. The highest BCUT2D eigenvalue weighted by atomic mass is 79.9. The Hall–Kier alpha value is -1.22. The quantitative estimate of drug-likeness (QED) is 0.795. The molecule has 0 saturated heterocycles. The van der Waals surface area contributed by atoms with Crippen molar-refractivity contribution in [1.82, 2.24) is 0 Å². The Morgan fingerprint density at radius 2 is 1.87 bits per heavy atom. The summed E-state index contributed by atoms with van der Waals surface area (Å²) in [4.78, 5) is 0. The van der Waals surface area contributed by atoms with Crippen molar-refractivity contribution >= 4 is 21.6 Å². The second-order valence-electron chi connectivity index (χ2n) is 3.56. The van der Waals surface area contributed by atoms with Crippen LogP contribution in [0.1, 0.15) is 11.5 Å². The lowest BCUT2D eigenvalue weighted by molar-refractivity contribution is 0.505. The van der Waals surface area contributed by atoms with Crippen LogP contribution in [-0.4, -0.2) is 0 Å². The topological polar surface area (TPSA) is 39.2 Å². The van der Waals surface area contributed by atoms with E-state index in [9.17, 15) is 0 Å². The maximum absolute atomic E-state index is 5.96. The fourth-order valence-electron chi connectivity index (χ4n) is 1.68. The Bertz CT molecular complexity index is 502. The molecule has 15 heavy (non-hydrogen) atoms. The Balaban J connectivity index is 2.59. The maximum Gasteiger partial charge on any atom is 0.108 e. The highest BCUT2D eigenvalue weighted by Crippen LogP contribution is 2.32. The molecule has 1 heterocycles. The summed E-state index contributed by atoms with van der Waals surface area (Å²) in [5, 5.41) is 0. The van der Waals surface area contributed by atoms with Gasteiger partial charge in [0.25, 0.3) is 0 Å². The van der Waals surface area contributed by atoms with E-state index in [0.717, 1.165) is 32.8 Å². The Morgan fingerprint density at radius 1 is 1.13 bits per heavy atom. The lowest BCUT2D eigenvalue weighted by Gasteiger charge is -2.04. The van der Waals surface area contributed by atoms with Gasteiger partial charge in [-0.3, -0.25) is 0 Å². The predicted octanol–water partition coefficient (Wildman–Crippen LogP) is 3.91. The first-order valence-electron chi connectivity index (χ1n) is 4.70. The highest BCUT2D eigenvalue weighted by Gasteiger charge is 2.09. The average molecular weight is 266 g/mol. The second-order valence-corrected chi connectivity index (χ2v) is 4.47.